The second-order valence-electron chi connectivity index (χ2n) is 6.47. The molecule has 4 rings (SSSR count). The van der Waals surface area contributed by atoms with E-state index in [9.17, 15) is 4.39 Å². The average molecular weight is 304 g/mol. The van der Waals surface area contributed by atoms with Crippen molar-refractivity contribution in [2.45, 2.75) is 25.6 Å². The summed E-state index contributed by atoms with van der Waals surface area (Å²) in [6, 6.07) is 17.7. The van der Waals surface area contributed by atoms with E-state index >= 15 is 0 Å². The number of aromatic nitrogens is 1. The van der Waals surface area contributed by atoms with Crippen LogP contribution in [0.4, 0.5) is 4.39 Å². The first kappa shape index (κ1) is 14.1. The average Bonchev–Trinajstić information content (AvgIpc) is 2.58. The Balaban J connectivity index is 1.95. The normalized spacial score (nSPS) is 19.3. The molecule has 1 aliphatic heterocycles. The molecule has 0 amide bonds. The molecule has 0 saturated carbocycles. The molecule has 3 heteroatoms. The topological polar surface area (TPSA) is 25.2 Å². The van der Waals surface area contributed by atoms with Crippen LogP contribution in [0.3, 0.4) is 0 Å². The largest absolute Gasteiger partial charge is 0.275 e. The van der Waals surface area contributed by atoms with Crippen LogP contribution in [-0.2, 0) is 0 Å². The molecule has 23 heavy (non-hydrogen) atoms. The van der Waals surface area contributed by atoms with Crippen LogP contribution in [0.5, 0.6) is 0 Å². The van der Waals surface area contributed by atoms with Crippen molar-refractivity contribution < 1.29 is 4.39 Å². The standard InChI is InChI=1S/C20H17FN2/c1-20(2)19(21)16-8-4-3-7-15(16)18(23-20)14-10-9-13-6-5-11-22-17(13)12-14/h3-12,19H,1-2H3. The lowest BCUT2D eigenvalue weighted by molar-refractivity contribution is 0.222. The number of halogens is 1. The molecule has 2 aromatic carbocycles. The summed E-state index contributed by atoms with van der Waals surface area (Å²) in [7, 11) is 0. The molecule has 1 atom stereocenters. The number of fused-ring (bicyclic) bond motifs is 2. The van der Waals surface area contributed by atoms with Crippen molar-refractivity contribution in [3.63, 3.8) is 0 Å². The molecule has 0 spiro atoms. The quantitative estimate of drug-likeness (QED) is 0.629. The number of nitrogens with zero attached hydrogens (tertiary/aromatic N) is 2. The van der Waals surface area contributed by atoms with Crippen LogP contribution in [-0.4, -0.2) is 16.2 Å². The summed E-state index contributed by atoms with van der Waals surface area (Å²) in [5.74, 6) is 0. The van der Waals surface area contributed by atoms with Gasteiger partial charge in [-0.2, -0.15) is 0 Å². The molecule has 3 aromatic rings. The number of benzene rings is 2. The van der Waals surface area contributed by atoms with Crippen molar-refractivity contribution in [3.8, 4) is 0 Å². The number of hydrogen-bond donors (Lipinski definition) is 0. The van der Waals surface area contributed by atoms with Gasteiger partial charge in [0.25, 0.3) is 0 Å². The molecule has 0 bridgehead atoms. The highest BCUT2D eigenvalue weighted by Gasteiger charge is 2.37. The van der Waals surface area contributed by atoms with Gasteiger partial charge in [-0.05, 0) is 31.5 Å². The Morgan fingerprint density at radius 3 is 2.70 bits per heavy atom. The predicted molar refractivity (Wildman–Crippen MR) is 91.8 cm³/mol. The van der Waals surface area contributed by atoms with Crippen molar-refractivity contribution in [1.29, 1.82) is 0 Å². The molecule has 0 fully saturated rings. The number of hydrogen-bond acceptors (Lipinski definition) is 2. The fraction of sp³-hybridized carbons (Fsp3) is 0.200. The zero-order valence-corrected chi connectivity index (χ0v) is 13.1. The van der Waals surface area contributed by atoms with Crippen LogP contribution in [0.15, 0.2) is 65.8 Å². The summed E-state index contributed by atoms with van der Waals surface area (Å²) in [4.78, 5) is 9.14. The van der Waals surface area contributed by atoms with Gasteiger partial charge in [0.2, 0.25) is 0 Å². The van der Waals surface area contributed by atoms with Gasteiger partial charge in [0.15, 0.2) is 6.17 Å². The highest BCUT2D eigenvalue weighted by molar-refractivity contribution is 6.15. The first-order valence-electron chi connectivity index (χ1n) is 7.75. The maximum atomic E-state index is 14.8. The summed E-state index contributed by atoms with van der Waals surface area (Å²) >= 11 is 0. The van der Waals surface area contributed by atoms with Crippen LogP contribution < -0.4 is 0 Å². The van der Waals surface area contributed by atoms with Crippen LogP contribution >= 0.6 is 0 Å². The summed E-state index contributed by atoms with van der Waals surface area (Å²) < 4.78 is 14.8. The van der Waals surface area contributed by atoms with Crippen molar-refractivity contribution in [3.05, 3.63) is 77.5 Å². The Bertz CT molecular complexity index is 928. The highest BCUT2D eigenvalue weighted by Crippen LogP contribution is 2.40. The third-order valence-corrected chi connectivity index (χ3v) is 4.39. The fourth-order valence-electron chi connectivity index (χ4n) is 3.15. The SMILES string of the molecule is CC1(C)N=C(c2ccc3cccnc3c2)c2ccccc2C1F. The smallest absolute Gasteiger partial charge is 0.150 e. The molecule has 0 radical (unpaired) electrons. The maximum Gasteiger partial charge on any atom is 0.150 e. The number of rotatable bonds is 1. The van der Waals surface area contributed by atoms with E-state index in [-0.39, 0.29) is 0 Å². The van der Waals surface area contributed by atoms with Gasteiger partial charge in [-0.1, -0.05) is 42.5 Å². The van der Waals surface area contributed by atoms with Gasteiger partial charge in [0.05, 0.1) is 16.8 Å². The van der Waals surface area contributed by atoms with Gasteiger partial charge in [-0.25, -0.2) is 4.39 Å². The van der Waals surface area contributed by atoms with Crippen LogP contribution in [0.25, 0.3) is 10.9 Å². The first-order chi connectivity index (χ1) is 11.1. The Hall–Kier alpha value is -2.55. The van der Waals surface area contributed by atoms with Gasteiger partial charge in [0.1, 0.15) is 0 Å². The van der Waals surface area contributed by atoms with Crippen molar-refractivity contribution in [1.82, 2.24) is 4.98 Å². The van der Waals surface area contributed by atoms with E-state index in [0.717, 1.165) is 27.7 Å². The van der Waals surface area contributed by atoms with Crippen LogP contribution in [0, 0.1) is 0 Å². The second-order valence-corrected chi connectivity index (χ2v) is 6.47. The van der Waals surface area contributed by atoms with Gasteiger partial charge >= 0.3 is 0 Å². The Kier molecular flexibility index (Phi) is 3.05. The van der Waals surface area contributed by atoms with E-state index in [1.54, 1.807) is 6.20 Å². The summed E-state index contributed by atoms with van der Waals surface area (Å²) in [6.45, 7) is 3.68. The van der Waals surface area contributed by atoms with Gasteiger partial charge in [-0.15, -0.1) is 0 Å². The molecule has 1 aromatic heterocycles. The van der Waals surface area contributed by atoms with E-state index in [1.165, 1.54) is 0 Å². The third kappa shape index (κ3) is 2.24. The molecule has 2 heterocycles. The van der Waals surface area contributed by atoms with Crippen molar-refractivity contribution in [2.24, 2.45) is 4.99 Å². The summed E-state index contributed by atoms with van der Waals surface area (Å²) in [5.41, 5.74) is 3.54. The highest BCUT2D eigenvalue weighted by atomic mass is 19.1. The summed E-state index contributed by atoms with van der Waals surface area (Å²) in [5, 5.41) is 1.09. The number of alkyl halides is 1. The molecular weight excluding hydrogens is 287 g/mol. The lowest BCUT2D eigenvalue weighted by Gasteiger charge is -2.32. The number of aliphatic imine (C=N–C) groups is 1. The molecule has 1 aliphatic rings. The Morgan fingerprint density at radius 2 is 1.83 bits per heavy atom. The molecule has 1 unspecified atom stereocenters. The zero-order valence-electron chi connectivity index (χ0n) is 13.1. The fourth-order valence-corrected chi connectivity index (χ4v) is 3.15. The van der Waals surface area contributed by atoms with Gasteiger partial charge in [0, 0.05) is 22.7 Å². The lowest BCUT2D eigenvalue weighted by atomic mass is 9.83. The van der Waals surface area contributed by atoms with Gasteiger partial charge in [-0.3, -0.25) is 9.98 Å². The van der Waals surface area contributed by atoms with Crippen LogP contribution in [0.1, 0.15) is 36.7 Å². The predicted octanol–water partition coefficient (Wildman–Crippen LogP) is 4.88. The minimum Gasteiger partial charge on any atom is -0.275 e. The minimum atomic E-state index is -1.10. The number of pyridine rings is 1. The van der Waals surface area contributed by atoms with Crippen molar-refractivity contribution >= 4 is 16.6 Å². The lowest BCUT2D eigenvalue weighted by Crippen LogP contribution is -2.32. The van der Waals surface area contributed by atoms with E-state index in [4.69, 9.17) is 4.99 Å². The molecule has 0 N–H and O–H groups in total. The van der Waals surface area contributed by atoms with E-state index < -0.39 is 11.7 Å². The van der Waals surface area contributed by atoms with E-state index in [1.807, 2.05) is 68.4 Å². The van der Waals surface area contributed by atoms with E-state index in [0.29, 0.717) is 5.56 Å². The monoisotopic (exact) mass is 304 g/mol. The molecule has 114 valence electrons. The van der Waals surface area contributed by atoms with E-state index in [2.05, 4.69) is 4.98 Å². The van der Waals surface area contributed by atoms with Crippen LogP contribution in [0.2, 0.25) is 0 Å². The van der Waals surface area contributed by atoms with Gasteiger partial charge < -0.3 is 0 Å². The second kappa shape index (κ2) is 4.98. The summed E-state index contributed by atoms with van der Waals surface area (Å²) in [6.07, 6.45) is 0.686. The third-order valence-electron chi connectivity index (χ3n) is 4.39. The maximum absolute atomic E-state index is 14.8. The first-order valence-corrected chi connectivity index (χ1v) is 7.75. The molecular formula is C20H17FN2. The Labute approximate surface area is 134 Å². The molecule has 0 saturated heterocycles. The molecule has 2 nitrogen and oxygen atoms in total. The zero-order chi connectivity index (χ0) is 16.0. The minimum absolute atomic E-state index is 0.712. The molecule has 0 aliphatic carbocycles. The Morgan fingerprint density at radius 1 is 1.00 bits per heavy atom. The van der Waals surface area contributed by atoms with Crippen molar-refractivity contribution in [2.75, 3.05) is 0 Å².